The molecule has 0 radical (unpaired) electrons. The minimum atomic E-state index is -0.868. The van der Waals surface area contributed by atoms with Crippen molar-refractivity contribution in [3.05, 3.63) is 64.7 Å². The van der Waals surface area contributed by atoms with Crippen LogP contribution in [0.1, 0.15) is 10.4 Å². The maximum Gasteiger partial charge on any atom is 0.325 e. The fourth-order valence-corrected chi connectivity index (χ4v) is 1.99. The predicted octanol–water partition coefficient (Wildman–Crippen LogP) is 2.53. The van der Waals surface area contributed by atoms with E-state index < -0.39 is 42.6 Å². The molecule has 9 heteroatoms. The normalized spacial score (nSPS) is 10.1. The van der Waals surface area contributed by atoms with Gasteiger partial charge in [0.05, 0.1) is 5.69 Å². The van der Waals surface area contributed by atoms with Crippen LogP contribution in [0.3, 0.4) is 0 Å². The molecule has 2 aromatic carbocycles. The van der Waals surface area contributed by atoms with Gasteiger partial charge in [-0.25, -0.2) is 8.78 Å². The van der Waals surface area contributed by atoms with Crippen LogP contribution in [0.5, 0.6) is 0 Å². The Labute approximate surface area is 152 Å². The number of hydrogen-bond donors (Lipinski definition) is 2. The van der Waals surface area contributed by atoms with Gasteiger partial charge in [-0.15, -0.1) is 0 Å². The molecule has 136 valence electrons. The molecule has 0 bridgehead atoms. The molecule has 0 aliphatic rings. The Morgan fingerprint density at radius 3 is 2.38 bits per heavy atom. The van der Waals surface area contributed by atoms with E-state index in [0.717, 1.165) is 18.2 Å². The third-order valence-corrected chi connectivity index (χ3v) is 3.30. The Morgan fingerprint density at radius 1 is 1.04 bits per heavy atom. The molecule has 0 heterocycles. The molecule has 0 aromatic heterocycles. The third-order valence-electron chi connectivity index (χ3n) is 3.07. The second-order valence-corrected chi connectivity index (χ2v) is 5.46. The van der Waals surface area contributed by atoms with Crippen molar-refractivity contribution < 1.29 is 27.9 Å². The monoisotopic (exact) mass is 382 g/mol. The van der Waals surface area contributed by atoms with Crippen LogP contribution < -0.4 is 10.6 Å². The lowest BCUT2D eigenvalue weighted by molar-refractivity contribution is -0.146. The number of anilines is 1. The van der Waals surface area contributed by atoms with Crippen LogP contribution >= 0.6 is 11.6 Å². The van der Waals surface area contributed by atoms with Crippen LogP contribution in [0, 0.1) is 11.6 Å². The average Bonchev–Trinajstić information content (AvgIpc) is 2.61. The van der Waals surface area contributed by atoms with E-state index in [9.17, 15) is 23.2 Å². The number of carbonyl (C=O) groups excluding carboxylic acids is 3. The summed E-state index contributed by atoms with van der Waals surface area (Å²) < 4.78 is 31.0. The number of amides is 2. The molecule has 0 saturated heterocycles. The summed E-state index contributed by atoms with van der Waals surface area (Å²) in [5, 5.41) is 4.65. The molecule has 2 rings (SSSR count). The minimum Gasteiger partial charge on any atom is -0.454 e. The van der Waals surface area contributed by atoms with Crippen molar-refractivity contribution in [1.82, 2.24) is 5.32 Å². The number of esters is 1. The highest BCUT2D eigenvalue weighted by atomic mass is 35.5. The van der Waals surface area contributed by atoms with E-state index in [4.69, 9.17) is 11.6 Å². The lowest BCUT2D eigenvalue weighted by Crippen LogP contribution is -2.32. The Hall–Kier alpha value is -3.00. The van der Waals surface area contributed by atoms with Crippen molar-refractivity contribution in [2.45, 2.75) is 0 Å². The van der Waals surface area contributed by atoms with Gasteiger partial charge in [-0.2, -0.15) is 0 Å². The van der Waals surface area contributed by atoms with Gasteiger partial charge in [0, 0.05) is 10.6 Å². The van der Waals surface area contributed by atoms with Crippen LogP contribution in [0.15, 0.2) is 42.5 Å². The zero-order chi connectivity index (χ0) is 19.1. The highest BCUT2D eigenvalue weighted by Gasteiger charge is 2.12. The first-order valence-electron chi connectivity index (χ1n) is 7.29. The van der Waals surface area contributed by atoms with E-state index in [0.29, 0.717) is 0 Å². The molecule has 0 aliphatic carbocycles. The Balaban J connectivity index is 1.74. The van der Waals surface area contributed by atoms with Gasteiger partial charge < -0.3 is 15.4 Å². The number of ether oxygens (including phenoxy) is 1. The van der Waals surface area contributed by atoms with Crippen LogP contribution in [0.4, 0.5) is 14.5 Å². The molecule has 0 unspecified atom stereocenters. The number of carbonyl (C=O) groups is 3. The minimum absolute atomic E-state index is 0.111. The van der Waals surface area contributed by atoms with E-state index in [1.165, 1.54) is 24.3 Å². The van der Waals surface area contributed by atoms with Crippen molar-refractivity contribution >= 4 is 35.1 Å². The summed E-state index contributed by atoms with van der Waals surface area (Å²) in [5.74, 6) is -3.46. The Kier molecular flexibility index (Phi) is 6.62. The van der Waals surface area contributed by atoms with Crippen molar-refractivity contribution in [2.24, 2.45) is 0 Å². The first kappa shape index (κ1) is 19.3. The molecule has 0 fully saturated rings. The number of benzene rings is 2. The predicted molar refractivity (Wildman–Crippen MR) is 89.7 cm³/mol. The maximum absolute atomic E-state index is 13.5. The van der Waals surface area contributed by atoms with Crippen molar-refractivity contribution in [3.63, 3.8) is 0 Å². The number of hydrogen-bond acceptors (Lipinski definition) is 4. The summed E-state index contributed by atoms with van der Waals surface area (Å²) in [7, 11) is 0. The summed E-state index contributed by atoms with van der Waals surface area (Å²) in [6.45, 7) is -1.15. The molecule has 2 N–H and O–H groups in total. The first-order chi connectivity index (χ1) is 12.3. The molecule has 26 heavy (non-hydrogen) atoms. The number of halogens is 3. The fourth-order valence-electron chi connectivity index (χ4n) is 1.83. The molecular formula is C17H13ClF2N2O4. The van der Waals surface area contributed by atoms with Crippen LogP contribution in [0.25, 0.3) is 0 Å². The standard InChI is InChI=1S/C17H13ClF2N2O4/c18-11-3-6-14(13(20)7-11)22-15(23)9-26-16(24)8-21-17(25)10-1-4-12(19)5-2-10/h1-7H,8-9H2,(H,21,25)(H,22,23). The zero-order valence-electron chi connectivity index (χ0n) is 13.2. The van der Waals surface area contributed by atoms with Gasteiger partial charge in [-0.05, 0) is 42.5 Å². The van der Waals surface area contributed by atoms with Crippen molar-refractivity contribution in [3.8, 4) is 0 Å². The Morgan fingerprint density at radius 2 is 1.73 bits per heavy atom. The molecule has 2 amide bonds. The molecule has 0 atom stereocenters. The zero-order valence-corrected chi connectivity index (χ0v) is 14.0. The SMILES string of the molecule is O=C(COC(=O)CNC(=O)c1ccc(F)cc1)Nc1ccc(Cl)cc1F. The van der Waals surface area contributed by atoms with Gasteiger partial charge in [0.1, 0.15) is 18.2 Å². The molecular weight excluding hydrogens is 370 g/mol. The van der Waals surface area contributed by atoms with Gasteiger partial charge in [-0.1, -0.05) is 11.6 Å². The summed E-state index contributed by atoms with van der Waals surface area (Å²) in [6, 6.07) is 8.39. The van der Waals surface area contributed by atoms with Crippen LogP contribution in [-0.4, -0.2) is 30.9 Å². The molecule has 0 saturated carbocycles. The average molecular weight is 383 g/mol. The van der Waals surface area contributed by atoms with Gasteiger partial charge in [0.25, 0.3) is 11.8 Å². The summed E-state index contributed by atoms with van der Waals surface area (Å²) >= 11 is 5.59. The van der Waals surface area contributed by atoms with E-state index in [2.05, 4.69) is 15.4 Å². The molecule has 2 aromatic rings. The van der Waals surface area contributed by atoms with Gasteiger partial charge >= 0.3 is 5.97 Å². The van der Waals surface area contributed by atoms with Gasteiger partial charge in [0.15, 0.2) is 6.61 Å². The summed E-state index contributed by atoms with van der Waals surface area (Å²) in [6.07, 6.45) is 0. The van der Waals surface area contributed by atoms with Crippen molar-refractivity contribution in [1.29, 1.82) is 0 Å². The molecule has 0 aliphatic heterocycles. The lowest BCUT2D eigenvalue weighted by atomic mass is 10.2. The largest absolute Gasteiger partial charge is 0.454 e. The van der Waals surface area contributed by atoms with Gasteiger partial charge in [-0.3, -0.25) is 14.4 Å². The summed E-state index contributed by atoms with van der Waals surface area (Å²) in [5.41, 5.74) is 0.0511. The fraction of sp³-hybridized carbons (Fsp3) is 0.118. The van der Waals surface area contributed by atoms with Crippen LogP contribution in [0.2, 0.25) is 5.02 Å². The summed E-state index contributed by atoms with van der Waals surface area (Å²) in [4.78, 5) is 34.9. The molecule has 6 nitrogen and oxygen atoms in total. The number of rotatable bonds is 6. The molecule has 0 spiro atoms. The van der Waals surface area contributed by atoms with E-state index in [1.807, 2.05) is 0 Å². The second kappa shape index (κ2) is 8.91. The third kappa shape index (κ3) is 5.82. The smallest absolute Gasteiger partial charge is 0.325 e. The topological polar surface area (TPSA) is 84.5 Å². The highest BCUT2D eigenvalue weighted by Crippen LogP contribution is 2.18. The van der Waals surface area contributed by atoms with E-state index >= 15 is 0 Å². The second-order valence-electron chi connectivity index (χ2n) is 5.02. The Bertz CT molecular complexity index is 828. The van der Waals surface area contributed by atoms with E-state index in [-0.39, 0.29) is 16.3 Å². The van der Waals surface area contributed by atoms with Gasteiger partial charge in [0.2, 0.25) is 0 Å². The van der Waals surface area contributed by atoms with Crippen molar-refractivity contribution in [2.75, 3.05) is 18.5 Å². The maximum atomic E-state index is 13.5. The number of nitrogens with one attached hydrogen (secondary N) is 2. The highest BCUT2D eigenvalue weighted by molar-refractivity contribution is 6.30. The van der Waals surface area contributed by atoms with E-state index in [1.54, 1.807) is 0 Å². The quantitative estimate of drug-likeness (QED) is 0.752. The van der Waals surface area contributed by atoms with Crippen LogP contribution in [-0.2, 0) is 14.3 Å². The lowest BCUT2D eigenvalue weighted by Gasteiger charge is -2.08. The first-order valence-corrected chi connectivity index (χ1v) is 7.67.